The summed E-state index contributed by atoms with van der Waals surface area (Å²) < 4.78 is 27.3. The van der Waals surface area contributed by atoms with Gasteiger partial charge in [0, 0.05) is 23.5 Å². The number of hydrogen-bond donors (Lipinski definition) is 2. The molecule has 0 aliphatic rings. The Morgan fingerprint density at radius 3 is 2.62 bits per heavy atom. The Morgan fingerprint density at radius 1 is 1.15 bits per heavy atom. The smallest absolute Gasteiger partial charge is 0.252 e. The predicted octanol–water partition coefficient (Wildman–Crippen LogP) is 3.59. The van der Waals surface area contributed by atoms with Crippen molar-refractivity contribution >= 4 is 27.7 Å². The van der Waals surface area contributed by atoms with Crippen LogP contribution in [0.2, 0.25) is 0 Å². The molecular weight excluding hydrogens is 406 g/mol. The van der Waals surface area contributed by atoms with Crippen LogP contribution >= 0.6 is 15.9 Å². The van der Waals surface area contributed by atoms with Crippen molar-refractivity contribution in [1.29, 1.82) is 0 Å². The Kier molecular flexibility index (Phi) is 7.26. The predicted molar refractivity (Wildman–Crippen MR) is 98.8 cm³/mol. The molecule has 0 radical (unpaired) electrons. The maximum atomic E-state index is 13.6. The molecule has 0 aromatic heterocycles. The number of hydrogen-bond acceptors (Lipinski definition) is 2. The van der Waals surface area contributed by atoms with Crippen molar-refractivity contribution in [2.45, 2.75) is 25.8 Å². The van der Waals surface area contributed by atoms with Gasteiger partial charge in [-0.15, -0.1) is 0 Å². The zero-order valence-electron chi connectivity index (χ0n) is 14.2. The van der Waals surface area contributed by atoms with Gasteiger partial charge in [-0.1, -0.05) is 18.2 Å². The summed E-state index contributed by atoms with van der Waals surface area (Å²) in [6, 6.07) is 9.98. The van der Waals surface area contributed by atoms with E-state index in [0.29, 0.717) is 16.5 Å². The van der Waals surface area contributed by atoms with E-state index in [0.717, 1.165) is 6.07 Å². The van der Waals surface area contributed by atoms with Crippen LogP contribution in [-0.2, 0) is 11.2 Å². The van der Waals surface area contributed by atoms with Gasteiger partial charge in [0.05, 0.1) is 5.56 Å². The fraction of sp³-hybridized carbons (Fsp3) is 0.263. The second-order valence-electron chi connectivity index (χ2n) is 5.89. The molecule has 0 bridgehead atoms. The highest BCUT2D eigenvalue weighted by Gasteiger charge is 2.13. The number of carbonyl (C=O) groups is 2. The Hall–Kier alpha value is -2.28. The molecular formula is C19H19BrF2N2O2. The Bertz CT molecular complexity index is 799. The molecule has 0 aliphatic heterocycles. The average molecular weight is 425 g/mol. The van der Waals surface area contributed by atoms with E-state index in [-0.39, 0.29) is 36.3 Å². The maximum absolute atomic E-state index is 13.6. The minimum absolute atomic E-state index is 0.0697. The first-order chi connectivity index (χ1) is 12.4. The van der Waals surface area contributed by atoms with E-state index in [9.17, 15) is 18.4 Å². The summed E-state index contributed by atoms with van der Waals surface area (Å²) in [4.78, 5) is 24.0. The normalized spacial score (nSPS) is 11.7. The first-order valence-electron chi connectivity index (χ1n) is 8.13. The third-order valence-corrected chi connectivity index (χ3v) is 4.39. The zero-order chi connectivity index (χ0) is 19.1. The van der Waals surface area contributed by atoms with Crippen molar-refractivity contribution in [2.24, 2.45) is 0 Å². The molecule has 0 heterocycles. The van der Waals surface area contributed by atoms with Gasteiger partial charge in [0.25, 0.3) is 5.91 Å². The van der Waals surface area contributed by atoms with Gasteiger partial charge in [-0.05, 0) is 59.1 Å². The van der Waals surface area contributed by atoms with Crippen molar-refractivity contribution in [1.82, 2.24) is 10.6 Å². The lowest BCUT2D eigenvalue weighted by Crippen LogP contribution is -2.36. The zero-order valence-corrected chi connectivity index (χ0v) is 15.8. The summed E-state index contributed by atoms with van der Waals surface area (Å²) in [5.74, 6) is -1.55. The van der Waals surface area contributed by atoms with Gasteiger partial charge in [0.2, 0.25) is 5.91 Å². The third-order valence-electron chi connectivity index (χ3n) is 3.70. The lowest BCUT2D eigenvalue weighted by molar-refractivity contribution is -0.121. The SMILES string of the molecule is CC(Cc1ccccc1F)NC(=O)CCNC(=O)c1cc(F)ccc1Br. The molecule has 2 N–H and O–H groups in total. The van der Waals surface area contributed by atoms with Gasteiger partial charge in [0.15, 0.2) is 0 Å². The van der Waals surface area contributed by atoms with Gasteiger partial charge in [-0.3, -0.25) is 9.59 Å². The summed E-state index contributed by atoms with van der Waals surface area (Å²) in [5.41, 5.74) is 0.697. The van der Waals surface area contributed by atoms with E-state index < -0.39 is 11.7 Å². The lowest BCUT2D eigenvalue weighted by Gasteiger charge is -2.14. The van der Waals surface area contributed by atoms with Crippen LogP contribution in [0.1, 0.15) is 29.3 Å². The van der Waals surface area contributed by atoms with Crippen molar-refractivity contribution in [3.8, 4) is 0 Å². The summed E-state index contributed by atoms with van der Waals surface area (Å²) in [5, 5.41) is 5.34. The topological polar surface area (TPSA) is 58.2 Å². The molecule has 7 heteroatoms. The van der Waals surface area contributed by atoms with Crippen LogP contribution in [-0.4, -0.2) is 24.4 Å². The number of halogens is 3. The molecule has 1 unspecified atom stereocenters. The standard InChI is InChI=1S/C19H19BrF2N2O2/c1-12(10-13-4-2-3-5-17(13)22)24-18(25)8-9-23-19(26)15-11-14(21)6-7-16(15)20/h2-7,11-12H,8-10H2,1H3,(H,23,26)(H,24,25). The minimum atomic E-state index is -0.516. The molecule has 138 valence electrons. The number of benzene rings is 2. The second kappa shape index (κ2) is 9.43. The van der Waals surface area contributed by atoms with Gasteiger partial charge in [0.1, 0.15) is 11.6 Å². The lowest BCUT2D eigenvalue weighted by atomic mass is 10.1. The molecule has 0 saturated heterocycles. The first kappa shape index (κ1) is 20.0. The van der Waals surface area contributed by atoms with Crippen LogP contribution in [0, 0.1) is 11.6 Å². The van der Waals surface area contributed by atoms with E-state index in [1.54, 1.807) is 25.1 Å². The van der Waals surface area contributed by atoms with Crippen LogP contribution in [0.15, 0.2) is 46.9 Å². The summed E-state index contributed by atoms with van der Waals surface area (Å²) in [6.45, 7) is 1.90. The molecule has 26 heavy (non-hydrogen) atoms. The van der Waals surface area contributed by atoms with E-state index in [1.165, 1.54) is 18.2 Å². The minimum Gasteiger partial charge on any atom is -0.353 e. The van der Waals surface area contributed by atoms with Crippen molar-refractivity contribution in [3.63, 3.8) is 0 Å². The van der Waals surface area contributed by atoms with Gasteiger partial charge in [-0.25, -0.2) is 8.78 Å². The monoisotopic (exact) mass is 424 g/mol. The first-order valence-corrected chi connectivity index (χ1v) is 8.92. The molecule has 2 amide bonds. The Morgan fingerprint density at radius 2 is 1.88 bits per heavy atom. The van der Waals surface area contributed by atoms with E-state index in [4.69, 9.17) is 0 Å². The molecule has 2 aromatic carbocycles. The Balaban J connectivity index is 1.77. The molecule has 0 saturated carbocycles. The average Bonchev–Trinajstić information content (AvgIpc) is 2.59. The van der Waals surface area contributed by atoms with Crippen LogP contribution < -0.4 is 10.6 Å². The highest BCUT2D eigenvalue weighted by atomic mass is 79.9. The van der Waals surface area contributed by atoms with Crippen LogP contribution in [0.5, 0.6) is 0 Å². The Labute approximate surface area is 159 Å². The van der Waals surface area contributed by atoms with Gasteiger partial charge in [-0.2, -0.15) is 0 Å². The molecule has 4 nitrogen and oxygen atoms in total. The van der Waals surface area contributed by atoms with E-state index >= 15 is 0 Å². The largest absolute Gasteiger partial charge is 0.353 e. The number of amides is 2. The van der Waals surface area contributed by atoms with Crippen molar-refractivity contribution in [3.05, 3.63) is 69.7 Å². The van der Waals surface area contributed by atoms with E-state index in [1.807, 2.05) is 0 Å². The molecule has 2 rings (SSSR count). The van der Waals surface area contributed by atoms with Crippen molar-refractivity contribution < 1.29 is 18.4 Å². The van der Waals surface area contributed by atoms with Crippen LogP contribution in [0.3, 0.4) is 0 Å². The second-order valence-corrected chi connectivity index (χ2v) is 6.75. The van der Waals surface area contributed by atoms with Gasteiger partial charge >= 0.3 is 0 Å². The molecule has 1 atom stereocenters. The summed E-state index contributed by atoms with van der Waals surface area (Å²) >= 11 is 3.18. The number of carbonyl (C=O) groups excluding carboxylic acids is 2. The summed E-state index contributed by atoms with van der Waals surface area (Å²) in [6.07, 6.45) is 0.446. The van der Waals surface area contributed by atoms with E-state index in [2.05, 4.69) is 26.6 Å². The quantitative estimate of drug-likeness (QED) is 0.713. The highest BCUT2D eigenvalue weighted by molar-refractivity contribution is 9.10. The van der Waals surface area contributed by atoms with Gasteiger partial charge < -0.3 is 10.6 Å². The molecule has 0 fully saturated rings. The third kappa shape index (κ3) is 5.91. The fourth-order valence-electron chi connectivity index (χ4n) is 2.45. The molecule has 2 aromatic rings. The molecule has 0 spiro atoms. The van der Waals surface area contributed by atoms with Crippen molar-refractivity contribution in [2.75, 3.05) is 6.54 Å². The maximum Gasteiger partial charge on any atom is 0.252 e. The van der Waals surface area contributed by atoms with Crippen LogP contribution in [0.4, 0.5) is 8.78 Å². The highest BCUT2D eigenvalue weighted by Crippen LogP contribution is 2.17. The molecule has 0 aliphatic carbocycles. The van der Waals surface area contributed by atoms with Crippen LogP contribution in [0.25, 0.3) is 0 Å². The summed E-state index contributed by atoms with van der Waals surface area (Å²) in [7, 11) is 0. The fourth-order valence-corrected chi connectivity index (χ4v) is 2.87. The number of nitrogens with one attached hydrogen (secondary N) is 2. The number of rotatable bonds is 7.